The minimum Gasteiger partial charge on any atom is -0.446 e. The van der Waals surface area contributed by atoms with E-state index in [2.05, 4.69) is 67.2 Å². The summed E-state index contributed by atoms with van der Waals surface area (Å²) in [4.78, 5) is 13.0. The van der Waals surface area contributed by atoms with Gasteiger partial charge in [-0.2, -0.15) is 0 Å². The molecule has 2 aliphatic carbocycles. The van der Waals surface area contributed by atoms with Crippen LogP contribution in [0.5, 0.6) is 0 Å². The Kier molecular flexibility index (Phi) is 4.31. The quantitative estimate of drug-likeness (QED) is 0.369. The van der Waals surface area contributed by atoms with Crippen LogP contribution >= 0.6 is 0 Å². The van der Waals surface area contributed by atoms with Gasteiger partial charge in [-0.25, -0.2) is 4.79 Å². The van der Waals surface area contributed by atoms with Crippen molar-refractivity contribution >= 4 is 16.7 Å². The zero-order valence-electron chi connectivity index (χ0n) is 16.9. The number of ether oxygens (including phenoxy) is 1. The molecule has 0 radical (unpaired) electrons. The number of carbonyl (C=O) groups is 1. The molecule has 146 valence electrons. The third kappa shape index (κ3) is 2.66. The predicted molar refractivity (Wildman–Crippen MR) is 118 cm³/mol. The van der Waals surface area contributed by atoms with Crippen molar-refractivity contribution in [3.8, 4) is 11.1 Å². The molecule has 1 unspecified atom stereocenters. The van der Waals surface area contributed by atoms with Gasteiger partial charge in [-0.1, -0.05) is 86.5 Å². The molecule has 0 bridgehead atoms. The molecule has 3 aromatic rings. The first-order valence-corrected chi connectivity index (χ1v) is 10.6. The molecule has 1 fully saturated rings. The van der Waals surface area contributed by atoms with E-state index in [4.69, 9.17) is 4.74 Å². The van der Waals surface area contributed by atoms with Crippen LogP contribution in [0.1, 0.15) is 50.2 Å². The van der Waals surface area contributed by atoms with Gasteiger partial charge in [0.1, 0.15) is 0 Å². The summed E-state index contributed by atoms with van der Waals surface area (Å²) in [5, 5.41) is 2.41. The highest BCUT2D eigenvalue weighted by atomic mass is 16.6. The van der Waals surface area contributed by atoms with E-state index in [1.54, 1.807) is 6.92 Å². The topological polar surface area (TPSA) is 26.3 Å². The zero-order chi connectivity index (χ0) is 20.0. The van der Waals surface area contributed by atoms with Crippen LogP contribution in [0.3, 0.4) is 0 Å². The zero-order valence-corrected chi connectivity index (χ0v) is 16.9. The Balaban J connectivity index is 1.89. The molecule has 0 N–H and O–H groups in total. The summed E-state index contributed by atoms with van der Waals surface area (Å²) in [7, 11) is 0. The number of fused-ring (bicyclic) bond motifs is 2. The van der Waals surface area contributed by atoms with Crippen LogP contribution in [0.4, 0.5) is 0 Å². The number of rotatable bonds is 3. The third-order valence-electron chi connectivity index (χ3n) is 6.70. The van der Waals surface area contributed by atoms with E-state index in [1.807, 2.05) is 0 Å². The Labute approximate surface area is 172 Å². The van der Waals surface area contributed by atoms with E-state index in [1.165, 1.54) is 41.2 Å². The largest absolute Gasteiger partial charge is 0.446 e. The maximum absolute atomic E-state index is 13.0. The number of hydrogen-bond acceptors (Lipinski definition) is 2. The van der Waals surface area contributed by atoms with Gasteiger partial charge in [0.05, 0.1) is 0 Å². The number of carbonyl (C=O) groups excluding carboxylic acids is 1. The minimum atomic E-state index is -0.763. The average Bonchev–Trinajstić information content (AvgIpc) is 2.77. The summed E-state index contributed by atoms with van der Waals surface area (Å²) >= 11 is 0. The Hall–Kier alpha value is -2.87. The van der Waals surface area contributed by atoms with Gasteiger partial charge in [-0.15, -0.1) is 0 Å². The molecule has 1 saturated carbocycles. The van der Waals surface area contributed by atoms with Gasteiger partial charge in [-0.05, 0) is 41.7 Å². The van der Waals surface area contributed by atoms with Crippen molar-refractivity contribution in [2.75, 3.05) is 0 Å². The smallest absolute Gasteiger partial charge is 0.334 e. The lowest BCUT2D eigenvalue weighted by Gasteiger charge is -2.46. The molecule has 2 heteroatoms. The molecule has 2 aliphatic rings. The van der Waals surface area contributed by atoms with Gasteiger partial charge in [0.25, 0.3) is 0 Å². The molecule has 0 aliphatic heterocycles. The molecule has 0 aromatic heterocycles. The van der Waals surface area contributed by atoms with Crippen LogP contribution in [0, 0.1) is 5.92 Å². The second-order valence-corrected chi connectivity index (χ2v) is 8.50. The third-order valence-corrected chi connectivity index (χ3v) is 6.70. The first-order valence-electron chi connectivity index (χ1n) is 10.6. The van der Waals surface area contributed by atoms with E-state index in [0.29, 0.717) is 5.57 Å². The predicted octanol–water partition coefficient (Wildman–Crippen LogP) is 6.76. The summed E-state index contributed by atoms with van der Waals surface area (Å²) < 4.78 is 6.51. The number of esters is 1. The average molecular weight is 383 g/mol. The lowest BCUT2D eigenvalue weighted by Crippen LogP contribution is -2.44. The molecule has 5 rings (SSSR count). The molecule has 1 atom stereocenters. The molecular weight excluding hydrogens is 356 g/mol. The lowest BCUT2D eigenvalue weighted by atomic mass is 9.64. The second kappa shape index (κ2) is 6.88. The van der Waals surface area contributed by atoms with Gasteiger partial charge in [0.15, 0.2) is 5.60 Å². The van der Waals surface area contributed by atoms with Crippen molar-refractivity contribution < 1.29 is 9.53 Å². The van der Waals surface area contributed by atoms with Gasteiger partial charge in [0, 0.05) is 22.6 Å². The molecule has 2 nitrogen and oxygen atoms in total. The Bertz CT molecular complexity index is 1120. The van der Waals surface area contributed by atoms with Crippen LogP contribution in [0.15, 0.2) is 72.8 Å². The molecule has 0 amide bonds. The fourth-order valence-electron chi connectivity index (χ4n) is 5.44. The maximum Gasteiger partial charge on any atom is 0.334 e. The van der Waals surface area contributed by atoms with Crippen molar-refractivity contribution in [2.45, 2.75) is 44.6 Å². The van der Waals surface area contributed by atoms with Gasteiger partial charge >= 0.3 is 5.97 Å². The van der Waals surface area contributed by atoms with Crippen molar-refractivity contribution in [1.29, 1.82) is 0 Å². The van der Waals surface area contributed by atoms with Crippen LogP contribution in [0.25, 0.3) is 21.9 Å². The first-order chi connectivity index (χ1) is 14.1. The van der Waals surface area contributed by atoms with E-state index in [9.17, 15) is 4.79 Å². The molecule has 0 saturated heterocycles. The summed E-state index contributed by atoms with van der Waals surface area (Å²) in [5.74, 6) is -0.0404. The van der Waals surface area contributed by atoms with Gasteiger partial charge < -0.3 is 4.74 Å². The Morgan fingerprint density at radius 3 is 2.31 bits per heavy atom. The summed E-state index contributed by atoms with van der Waals surface area (Å²) in [5.41, 5.74) is 4.34. The second-order valence-electron chi connectivity index (χ2n) is 8.50. The van der Waals surface area contributed by atoms with Crippen LogP contribution < -0.4 is 0 Å². The van der Waals surface area contributed by atoms with Crippen LogP contribution in [-0.2, 0) is 15.1 Å². The fourth-order valence-corrected chi connectivity index (χ4v) is 5.44. The monoisotopic (exact) mass is 382 g/mol. The van der Waals surface area contributed by atoms with Crippen molar-refractivity contribution in [2.24, 2.45) is 5.92 Å². The highest BCUT2D eigenvalue weighted by Crippen LogP contribution is 2.55. The highest BCUT2D eigenvalue weighted by molar-refractivity contribution is 6.03. The molecule has 0 heterocycles. The number of hydrogen-bond donors (Lipinski definition) is 0. The Morgan fingerprint density at radius 1 is 0.897 bits per heavy atom. The molecule has 29 heavy (non-hydrogen) atoms. The van der Waals surface area contributed by atoms with E-state index < -0.39 is 5.60 Å². The minimum absolute atomic E-state index is 0.264. The van der Waals surface area contributed by atoms with E-state index >= 15 is 0 Å². The fraction of sp³-hybridized carbons (Fsp3) is 0.296. The van der Waals surface area contributed by atoms with E-state index in [-0.39, 0.29) is 11.9 Å². The highest BCUT2D eigenvalue weighted by Gasteiger charge is 2.50. The van der Waals surface area contributed by atoms with Crippen LogP contribution in [-0.4, -0.2) is 5.97 Å². The summed E-state index contributed by atoms with van der Waals surface area (Å²) in [6.45, 7) is 5.61. The SMILES string of the molecule is C=C(C)C(=O)OC1(C2CCCCC2)c2ccccc2-c2cccc3cccc1c23. The maximum atomic E-state index is 13.0. The summed E-state index contributed by atoms with van der Waals surface area (Å²) in [6.07, 6.45) is 5.74. The van der Waals surface area contributed by atoms with Gasteiger partial charge in [-0.3, -0.25) is 0 Å². The van der Waals surface area contributed by atoms with Crippen LogP contribution in [0.2, 0.25) is 0 Å². The number of benzene rings is 3. The van der Waals surface area contributed by atoms with Crippen molar-refractivity contribution in [1.82, 2.24) is 0 Å². The first kappa shape index (κ1) is 18.2. The standard InChI is InChI=1S/C27H26O2/c1-18(2)26(28)29-27(20-12-4-3-5-13-20)23-16-7-6-14-21(23)22-15-8-10-19-11-9-17-24(27)25(19)22/h6-11,14-17,20H,1,3-5,12-13H2,2H3. The summed E-state index contributed by atoms with van der Waals surface area (Å²) in [6, 6.07) is 21.4. The van der Waals surface area contributed by atoms with Gasteiger partial charge in [0.2, 0.25) is 0 Å². The molecular formula is C27H26O2. The molecule has 3 aromatic carbocycles. The van der Waals surface area contributed by atoms with Crippen molar-refractivity contribution in [3.63, 3.8) is 0 Å². The van der Waals surface area contributed by atoms with E-state index in [0.717, 1.165) is 24.0 Å². The molecule has 0 spiro atoms. The Morgan fingerprint density at radius 2 is 1.55 bits per heavy atom. The normalized spacial score (nSPS) is 20.9. The lowest BCUT2D eigenvalue weighted by molar-refractivity contribution is -0.158. The van der Waals surface area contributed by atoms with Crippen molar-refractivity contribution in [3.05, 3.63) is 83.9 Å².